The summed E-state index contributed by atoms with van der Waals surface area (Å²) in [5.41, 5.74) is 4.62. The number of rotatable bonds is 4. The molecule has 4 aromatic heterocycles. The predicted molar refractivity (Wildman–Crippen MR) is 133 cm³/mol. The quantitative estimate of drug-likeness (QED) is 0.399. The van der Waals surface area contributed by atoms with Crippen molar-refractivity contribution < 1.29 is 4.74 Å². The summed E-state index contributed by atoms with van der Waals surface area (Å²) >= 11 is 0. The van der Waals surface area contributed by atoms with Crippen molar-refractivity contribution in [3.8, 4) is 28.3 Å². The molecule has 1 fully saturated rings. The van der Waals surface area contributed by atoms with Gasteiger partial charge in [0.15, 0.2) is 11.5 Å². The number of anilines is 1. The predicted octanol–water partition coefficient (Wildman–Crippen LogP) is 4.51. The van der Waals surface area contributed by atoms with Gasteiger partial charge in [0.1, 0.15) is 5.82 Å². The highest BCUT2D eigenvalue weighted by Crippen LogP contribution is 2.26. The van der Waals surface area contributed by atoms with Gasteiger partial charge in [-0.25, -0.2) is 9.67 Å². The molecule has 0 atom stereocenters. The first-order valence-electron chi connectivity index (χ1n) is 11.6. The molecule has 1 aliphatic rings. The minimum atomic E-state index is 0.692. The molecule has 1 aromatic carbocycles. The monoisotopic (exact) mass is 453 g/mol. The molecule has 0 radical (unpaired) electrons. The van der Waals surface area contributed by atoms with E-state index in [9.17, 15) is 0 Å². The first-order valence-corrected chi connectivity index (χ1v) is 11.6. The standard InChI is InChI=1S/C24H21N7O.C2H6/c1-2-4-18(5-3-1)20-8-11-30(27-20)22-17-24(29-12-14-32-15-13-29)31-23(26-22)16-21(28-31)19-6-9-25-10-7-19;1-2/h1-11,16-17H,12-15H2;1-2H3. The van der Waals surface area contributed by atoms with Crippen molar-refractivity contribution >= 4 is 11.5 Å². The molecule has 0 N–H and O–H groups in total. The number of nitrogens with zero attached hydrogens (tertiary/aromatic N) is 7. The molecule has 8 nitrogen and oxygen atoms in total. The molecule has 0 unspecified atom stereocenters. The summed E-state index contributed by atoms with van der Waals surface area (Å²) < 4.78 is 9.30. The van der Waals surface area contributed by atoms with Gasteiger partial charge >= 0.3 is 0 Å². The maximum Gasteiger partial charge on any atom is 0.160 e. The Morgan fingerprint density at radius 2 is 1.53 bits per heavy atom. The maximum atomic E-state index is 5.56. The van der Waals surface area contributed by atoms with E-state index in [0.717, 1.165) is 52.9 Å². The molecule has 8 heteroatoms. The molecule has 0 bridgehead atoms. The largest absolute Gasteiger partial charge is 0.378 e. The Morgan fingerprint density at radius 3 is 2.29 bits per heavy atom. The zero-order valence-corrected chi connectivity index (χ0v) is 19.4. The van der Waals surface area contributed by atoms with E-state index in [4.69, 9.17) is 19.9 Å². The number of hydrogen-bond donors (Lipinski definition) is 0. The van der Waals surface area contributed by atoms with Crippen LogP contribution in [-0.2, 0) is 4.74 Å². The number of pyridine rings is 1. The van der Waals surface area contributed by atoms with E-state index in [2.05, 4.69) is 22.0 Å². The molecule has 0 amide bonds. The fourth-order valence-electron chi connectivity index (χ4n) is 3.96. The van der Waals surface area contributed by atoms with Gasteiger partial charge in [-0.05, 0) is 18.2 Å². The molecular formula is C26H27N7O. The van der Waals surface area contributed by atoms with Gasteiger partial charge in [0.25, 0.3) is 0 Å². The number of ether oxygens (including phenoxy) is 1. The van der Waals surface area contributed by atoms with Crippen LogP contribution < -0.4 is 4.90 Å². The second kappa shape index (κ2) is 9.84. The SMILES string of the molecule is CC.c1ccc(-c2ccn(-c3cc(N4CCOCC4)n4nc(-c5ccncc5)cc4n3)n2)cc1. The van der Waals surface area contributed by atoms with Gasteiger partial charge in [-0.1, -0.05) is 44.2 Å². The normalized spacial score (nSPS) is 13.5. The summed E-state index contributed by atoms with van der Waals surface area (Å²) in [6.45, 7) is 6.99. The number of hydrogen-bond acceptors (Lipinski definition) is 6. The van der Waals surface area contributed by atoms with Crippen molar-refractivity contribution in [3.63, 3.8) is 0 Å². The smallest absolute Gasteiger partial charge is 0.160 e. The third-order valence-electron chi connectivity index (χ3n) is 5.60. The van der Waals surface area contributed by atoms with Crippen LogP contribution >= 0.6 is 0 Å². The summed E-state index contributed by atoms with van der Waals surface area (Å²) in [4.78, 5) is 11.3. The highest BCUT2D eigenvalue weighted by molar-refractivity contribution is 5.66. The molecule has 5 heterocycles. The number of fused-ring (bicyclic) bond motifs is 1. The Bertz CT molecular complexity index is 1360. The lowest BCUT2D eigenvalue weighted by atomic mass is 10.2. The summed E-state index contributed by atoms with van der Waals surface area (Å²) in [6, 6.07) is 20.1. The molecule has 5 aromatic rings. The lowest BCUT2D eigenvalue weighted by molar-refractivity contribution is 0.122. The minimum Gasteiger partial charge on any atom is -0.378 e. The average molecular weight is 454 g/mol. The Morgan fingerprint density at radius 1 is 0.794 bits per heavy atom. The van der Waals surface area contributed by atoms with Gasteiger partial charge < -0.3 is 9.64 Å². The average Bonchev–Trinajstić information content (AvgIpc) is 3.59. The van der Waals surface area contributed by atoms with E-state index in [0.29, 0.717) is 13.2 Å². The van der Waals surface area contributed by atoms with E-state index in [1.807, 2.05) is 77.8 Å². The van der Waals surface area contributed by atoms with Crippen molar-refractivity contribution in [2.75, 3.05) is 31.2 Å². The van der Waals surface area contributed by atoms with Crippen LogP contribution in [0.4, 0.5) is 5.82 Å². The maximum absolute atomic E-state index is 5.56. The van der Waals surface area contributed by atoms with Crippen LogP contribution in [0.5, 0.6) is 0 Å². The molecule has 1 aliphatic heterocycles. The van der Waals surface area contributed by atoms with Crippen LogP contribution in [0.3, 0.4) is 0 Å². The van der Waals surface area contributed by atoms with Crippen LogP contribution in [0.2, 0.25) is 0 Å². The van der Waals surface area contributed by atoms with Crippen molar-refractivity contribution in [1.29, 1.82) is 0 Å². The van der Waals surface area contributed by atoms with Crippen molar-refractivity contribution in [1.82, 2.24) is 29.4 Å². The summed E-state index contributed by atoms with van der Waals surface area (Å²) in [6.07, 6.45) is 5.50. The summed E-state index contributed by atoms with van der Waals surface area (Å²) in [5, 5.41) is 9.64. The molecule has 34 heavy (non-hydrogen) atoms. The molecule has 0 aliphatic carbocycles. The molecular weight excluding hydrogens is 426 g/mol. The second-order valence-corrected chi connectivity index (χ2v) is 7.62. The van der Waals surface area contributed by atoms with Gasteiger partial charge in [-0.2, -0.15) is 14.7 Å². The lowest BCUT2D eigenvalue weighted by Gasteiger charge is -2.29. The Hall–Kier alpha value is -4.04. The summed E-state index contributed by atoms with van der Waals surface area (Å²) in [7, 11) is 0. The van der Waals surface area contributed by atoms with E-state index >= 15 is 0 Å². The minimum absolute atomic E-state index is 0.692. The van der Waals surface area contributed by atoms with E-state index < -0.39 is 0 Å². The first-order chi connectivity index (χ1) is 16.8. The van der Waals surface area contributed by atoms with E-state index in [1.54, 1.807) is 12.4 Å². The van der Waals surface area contributed by atoms with Crippen LogP contribution in [-0.4, -0.2) is 55.7 Å². The fourth-order valence-corrected chi connectivity index (χ4v) is 3.96. The fraction of sp³-hybridized carbons (Fsp3) is 0.231. The Balaban J connectivity index is 0.00000117. The van der Waals surface area contributed by atoms with E-state index in [1.165, 1.54) is 0 Å². The van der Waals surface area contributed by atoms with Crippen molar-refractivity contribution in [2.24, 2.45) is 0 Å². The third kappa shape index (κ3) is 4.27. The highest BCUT2D eigenvalue weighted by atomic mass is 16.5. The Labute approximate surface area is 198 Å². The number of benzene rings is 1. The van der Waals surface area contributed by atoms with Crippen LogP contribution in [0, 0.1) is 0 Å². The molecule has 1 saturated heterocycles. The van der Waals surface area contributed by atoms with Crippen molar-refractivity contribution in [3.05, 3.63) is 79.3 Å². The van der Waals surface area contributed by atoms with Crippen molar-refractivity contribution in [2.45, 2.75) is 13.8 Å². The molecule has 0 spiro atoms. The lowest BCUT2D eigenvalue weighted by Crippen LogP contribution is -2.37. The van der Waals surface area contributed by atoms with E-state index in [-0.39, 0.29) is 0 Å². The zero-order chi connectivity index (χ0) is 23.3. The molecule has 172 valence electrons. The van der Waals surface area contributed by atoms with Gasteiger partial charge in [-0.15, -0.1) is 0 Å². The molecule has 0 saturated carbocycles. The Kier molecular flexibility index (Phi) is 6.31. The third-order valence-corrected chi connectivity index (χ3v) is 5.60. The second-order valence-electron chi connectivity index (χ2n) is 7.62. The topological polar surface area (TPSA) is 73.4 Å². The summed E-state index contributed by atoms with van der Waals surface area (Å²) in [5.74, 6) is 1.73. The van der Waals surface area contributed by atoms with Crippen LogP contribution in [0.25, 0.3) is 34.0 Å². The van der Waals surface area contributed by atoms with Crippen LogP contribution in [0.1, 0.15) is 13.8 Å². The molecule has 6 rings (SSSR count). The van der Waals surface area contributed by atoms with Gasteiger partial charge in [0.05, 0.1) is 24.6 Å². The first kappa shape index (κ1) is 21.8. The highest BCUT2D eigenvalue weighted by Gasteiger charge is 2.19. The van der Waals surface area contributed by atoms with Gasteiger partial charge in [0, 0.05) is 54.9 Å². The van der Waals surface area contributed by atoms with Gasteiger partial charge in [0.2, 0.25) is 0 Å². The number of aromatic nitrogens is 6. The van der Waals surface area contributed by atoms with Crippen LogP contribution in [0.15, 0.2) is 79.3 Å². The van der Waals surface area contributed by atoms with Gasteiger partial charge in [-0.3, -0.25) is 4.98 Å². The number of morpholine rings is 1. The zero-order valence-electron chi connectivity index (χ0n) is 19.4.